The number of aromatic nitrogens is 1. The number of rotatable bonds is 8. The predicted molar refractivity (Wildman–Crippen MR) is 112 cm³/mol. The molecule has 2 amide bonds. The van der Waals surface area contributed by atoms with Crippen molar-refractivity contribution >= 4 is 28.9 Å². The third-order valence-corrected chi connectivity index (χ3v) is 5.25. The van der Waals surface area contributed by atoms with E-state index in [1.54, 1.807) is 11.8 Å². The number of benzene rings is 1. The maximum atomic E-state index is 12.0. The van der Waals surface area contributed by atoms with Gasteiger partial charge in [0.15, 0.2) is 6.61 Å². The quantitative estimate of drug-likeness (QED) is 0.646. The lowest BCUT2D eigenvalue weighted by atomic mass is 10.1. The summed E-state index contributed by atoms with van der Waals surface area (Å²) >= 11 is 0. The first-order valence-electron chi connectivity index (χ1n) is 10.5. The van der Waals surface area contributed by atoms with Crippen molar-refractivity contribution in [1.29, 1.82) is 0 Å². The molecule has 0 bridgehead atoms. The SMILES string of the molecule is CCOC(=O)N1CCC(NC(=O)COC(=O)CCCc2c[nH]c3ccccc23)CC1. The molecule has 1 fully saturated rings. The number of esters is 1. The Balaban J connectivity index is 1.30. The molecule has 8 heteroatoms. The third-order valence-electron chi connectivity index (χ3n) is 5.25. The van der Waals surface area contributed by atoms with Gasteiger partial charge in [-0.05, 0) is 44.2 Å². The molecule has 0 radical (unpaired) electrons. The topological polar surface area (TPSA) is 101 Å². The Kier molecular flexibility index (Phi) is 7.70. The van der Waals surface area contributed by atoms with E-state index in [0.717, 1.165) is 11.9 Å². The lowest BCUT2D eigenvalue weighted by Gasteiger charge is -2.31. The summed E-state index contributed by atoms with van der Waals surface area (Å²) < 4.78 is 10.1. The standard InChI is InChI=1S/C22H29N3O5/c1-2-29-22(28)25-12-10-17(11-13-25)24-20(26)15-30-21(27)9-5-6-16-14-23-19-8-4-3-7-18(16)19/h3-4,7-8,14,17,23H,2,5-6,9-13,15H2,1H3,(H,24,26). The van der Waals surface area contributed by atoms with Gasteiger partial charge < -0.3 is 24.7 Å². The molecule has 0 saturated carbocycles. The number of fused-ring (bicyclic) bond motifs is 1. The summed E-state index contributed by atoms with van der Waals surface area (Å²) in [6.07, 6.45) is 4.66. The first-order chi connectivity index (χ1) is 14.6. The van der Waals surface area contributed by atoms with Gasteiger partial charge in [-0.2, -0.15) is 0 Å². The van der Waals surface area contributed by atoms with Gasteiger partial charge in [-0.1, -0.05) is 18.2 Å². The van der Waals surface area contributed by atoms with Crippen LogP contribution < -0.4 is 5.32 Å². The molecule has 0 unspecified atom stereocenters. The number of piperidine rings is 1. The van der Waals surface area contributed by atoms with E-state index in [2.05, 4.69) is 16.4 Å². The number of carbonyl (C=O) groups is 3. The molecule has 3 rings (SSSR count). The molecule has 2 heterocycles. The van der Waals surface area contributed by atoms with Crippen LogP contribution in [0.1, 0.15) is 38.2 Å². The fraction of sp³-hybridized carbons (Fsp3) is 0.500. The molecule has 0 spiro atoms. The summed E-state index contributed by atoms with van der Waals surface area (Å²) in [5, 5.41) is 4.03. The highest BCUT2D eigenvalue weighted by Crippen LogP contribution is 2.19. The van der Waals surface area contributed by atoms with Gasteiger partial charge in [0.05, 0.1) is 6.61 Å². The fourth-order valence-electron chi connectivity index (χ4n) is 3.67. The Labute approximate surface area is 175 Å². The van der Waals surface area contributed by atoms with E-state index in [1.165, 1.54) is 10.9 Å². The molecule has 2 aromatic rings. The minimum absolute atomic E-state index is 0.0243. The van der Waals surface area contributed by atoms with E-state index in [4.69, 9.17) is 9.47 Å². The van der Waals surface area contributed by atoms with Gasteiger partial charge in [-0.15, -0.1) is 0 Å². The van der Waals surface area contributed by atoms with Crippen molar-refractivity contribution in [2.24, 2.45) is 0 Å². The molecule has 30 heavy (non-hydrogen) atoms. The Morgan fingerprint density at radius 2 is 1.93 bits per heavy atom. The number of amides is 2. The van der Waals surface area contributed by atoms with Crippen LogP contribution in [0.25, 0.3) is 10.9 Å². The number of nitrogens with one attached hydrogen (secondary N) is 2. The summed E-state index contributed by atoms with van der Waals surface area (Å²) in [7, 11) is 0. The van der Waals surface area contributed by atoms with Crippen LogP contribution in [-0.2, 0) is 25.5 Å². The van der Waals surface area contributed by atoms with E-state index < -0.39 is 0 Å². The van der Waals surface area contributed by atoms with Crippen LogP contribution in [0.5, 0.6) is 0 Å². The van der Waals surface area contributed by atoms with Gasteiger partial charge >= 0.3 is 12.1 Å². The number of nitrogens with zero attached hydrogens (tertiary/aromatic N) is 1. The smallest absolute Gasteiger partial charge is 0.409 e. The summed E-state index contributed by atoms with van der Waals surface area (Å²) in [4.78, 5) is 40.5. The first-order valence-corrected chi connectivity index (χ1v) is 10.5. The van der Waals surface area contributed by atoms with Gasteiger partial charge in [0.2, 0.25) is 0 Å². The van der Waals surface area contributed by atoms with Gasteiger partial charge in [0.25, 0.3) is 5.91 Å². The molecular weight excluding hydrogens is 386 g/mol. The summed E-state index contributed by atoms with van der Waals surface area (Å²) in [5.41, 5.74) is 2.25. The molecule has 0 atom stereocenters. The van der Waals surface area contributed by atoms with Crippen LogP contribution in [0.4, 0.5) is 4.79 Å². The minimum Gasteiger partial charge on any atom is -0.456 e. The van der Waals surface area contributed by atoms with Crippen molar-refractivity contribution in [2.75, 3.05) is 26.3 Å². The van der Waals surface area contributed by atoms with Crippen molar-refractivity contribution in [1.82, 2.24) is 15.2 Å². The van der Waals surface area contributed by atoms with Crippen LogP contribution in [0, 0.1) is 0 Å². The van der Waals surface area contributed by atoms with Crippen LogP contribution >= 0.6 is 0 Å². The van der Waals surface area contributed by atoms with Crippen LogP contribution in [0.3, 0.4) is 0 Å². The average molecular weight is 415 g/mol. The summed E-state index contributed by atoms with van der Waals surface area (Å²) in [6, 6.07) is 8.03. The van der Waals surface area contributed by atoms with E-state index in [-0.39, 0.29) is 37.0 Å². The van der Waals surface area contributed by atoms with E-state index in [9.17, 15) is 14.4 Å². The number of para-hydroxylation sites is 1. The van der Waals surface area contributed by atoms with E-state index in [1.807, 2.05) is 24.4 Å². The van der Waals surface area contributed by atoms with E-state index >= 15 is 0 Å². The van der Waals surface area contributed by atoms with Crippen molar-refractivity contribution < 1.29 is 23.9 Å². The van der Waals surface area contributed by atoms with Gasteiger partial charge in [-0.3, -0.25) is 9.59 Å². The predicted octanol–water partition coefficient (Wildman–Crippen LogP) is 2.77. The van der Waals surface area contributed by atoms with Gasteiger partial charge in [-0.25, -0.2) is 4.79 Å². The number of likely N-dealkylation sites (tertiary alicyclic amines) is 1. The number of hydrogen-bond donors (Lipinski definition) is 2. The second-order valence-corrected chi connectivity index (χ2v) is 7.40. The number of aryl methyl sites for hydroxylation is 1. The van der Waals surface area contributed by atoms with Crippen LogP contribution in [0.2, 0.25) is 0 Å². The van der Waals surface area contributed by atoms with Gasteiger partial charge in [0, 0.05) is 42.7 Å². The van der Waals surface area contributed by atoms with Crippen molar-refractivity contribution in [3.8, 4) is 0 Å². The monoisotopic (exact) mass is 415 g/mol. The van der Waals surface area contributed by atoms with E-state index in [0.29, 0.717) is 39.0 Å². The molecule has 1 aromatic heterocycles. The van der Waals surface area contributed by atoms with Crippen LogP contribution in [0.15, 0.2) is 30.5 Å². The summed E-state index contributed by atoms with van der Waals surface area (Å²) in [5.74, 6) is -0.684. The lowest BCUT2D eigenvalue weighted by Crippen LogP contribution is -2.47. The van der Waals surface area contributed by atoms with Crippen LogP contribution in [-0.4, -0.2) is 60.2 Å². The molecule has 1 saturated heterocycles. The number of aromatic amines is 1. The average Bonchev–Trinajstić information content (AvgIpc) is 3.16. The van der Waals surface area contributed by atoms with Crippen molar-refractivity contribution in [3.63, 3.8) is 0 Å². The largest absolute Gasteiger partial charge is 0.456 e. The number of H-pyrrole nitrogens is 1. The third kappa shape index (κ3) is 5.98. The van der Waals surface area contributed by atoms with Crippen molar-refractivity contribution in [3.05, 3.63) is 36.0 Å². The molecule has 2 N–H and O–H groups in total. The fourth-order valence-corrected chi connectivity index (χ4v) is 3.67. The highest BCUT2D eigenvalue weighted by Gasteiger charge is 2.24. The number of ether oxygens (including phenoxy) is 2. The zero-order valence-electron chi connectivity index (χ0n) is 17.3. The molecule has 0 aliphatic carbocycles. The highest BCUT2D eigenvalue weighted by atomic mass is 16.6. The second kappa shape index (κ2) is 10.7. The Morgan fingerprint density at radius 1 is 1.17 bits per heavy atom. The number of hydrogen-bond acceptors (Lipinski definition) is 5. The Hall–Kier alpha value is -3.03. The lowest BCUT2D eigenvalue weighted by molar-refractivity contribution is -0.148. The molecule has 1 aromatic carbocycles. The molecule has 162 valence electrons. The molecule has 1 aliphatic heterocycles. The second-order valence-electron chi connectivity index (χ2n) is 7.40. The van der Waals surface area contributed by atoms with Gasteiger partial charge in [0.1, 0.15) is 0 Å². The highest BCUT2D eigenvalue weighted by molar-refractivity contribution is 5.83. The van der Waals surface area contributed by atoms with Crippen molar-refractivity contribution in [2.45, 2.75) is 45.1 Å². The molecule has 1 aliphatic rings. The normalized spacial score (nSPS) is 14.5. The Morgan fingerprint density at radius 3 is 2.70 bits per heavy atom. The maximum absolute atomic E-state index is 12.0. The zero-order valence-corrected chi connectivity index (χ0v) is 17.3. The maximum Gasteiger partial charge on any atom is 0.409 e. The first kappa shape index (κ1) is 21.7. The molecular formula is C22H29N3O5. The number of carbonyl (C=O) groups excluding carboxylic acids is 3. The summed E-state index contributed by atoms with van der Waals surface area (Å²) in [6.45, 7) is 2.93. The zero-order chi connectivity index (χ0) is 21.3. The molecule has 8 nitrogen and oxygen atoms in total. The minimum atomic E-state index is -0.373. The Bertz CT molecular complexity index is 871.